The number of benzene rings is 1. The lowest BCUT2D eigenvalue weighted by molar-refractivity contribution is -0.128. The number of rotatable bonds is 4. The minimum atomic E-state index is -0.243. The Morgan fingerprint density at radius 2 is 2.07 bits per heavy atom. The maximum atomic E-state index is 12.3. The van der Waals surface area contributed by atoms with Crippen LogP contribution in [-0.4, -0.2) is 47.3 Å². The van der Waals surface area contributed by atoms with Crippen molar-refractivity contribution >= 4 is 5.91 Å². The van der Waals surface area contributed by atoms with Crippen LogP contribution in [-0.2, 0) is 16.0 Å². The number of carbonyl (C=O) groups is 1. The topological polar surface area (TPSA) is 59.4 Å². The van der Waals surface area contributed by atoms with E-state index in [4.69, 9.17) is 9.84 Å². The summed E-state index contributed by atoms with van der Waals surface area (Å²) in [6.07, 6.45) is 6.01. The third kappa shape index (κ3) is 3.11. The van der Waals surface area contributed by atoms with Crippen LogP contribution < -0.4 is 5.32 Å². The molecule has 1 fully saturated rings. The molecule has 1 saturated carbocycles. The quantitative estimate of drug-likeness (QED) is 0.813. The molecule has 3 heterocycles. The van der Waals surface area contributed by atoms with Gasteiger partial charge in [-0.3, -0.25) is 4.79 Å². The summed E-state index contributed by atoms with van der Waals surface area (Å²) in [4.78, 5) is 14.1. The number of amides is 1. The summed E-state index contributed by atoms with van der Waals surface area (Å²) in [5.41, 5.74) is 5.92. The van der Waals surface area contributed by atoms with E-state index in [2.05, 4.69) is 40.8 Å². The predicted molar refractivity (Wildman–Crippen MR) is 111 cm³/mol. The van der Waals surface area contributed by atoms with Crippen molar-refractivity contribution in [2.45, 2.75) is 43.7 Å². The van der Waals surface area contributed by atoms with E-state index in [1.54, 1.807) is 7.11 Å². The van der Waals surface area contributed by atoms with Crippen molar-refractivity contribution in [3.8, 4) is 5.69 Å². The molecule has 1 aliphatic carbocycles. The van der Waals surface area contributed by atoms with E-state index in [0.717, 1.165) is 30.3 Å². The van der Waals surface area contributed by atoms with Gasteiger partial charge >= 0.3 is 0 Å². The molecule has 6 nitrogen and oxygen atoms in total. The van der Waals surface area contributed by atoms with Gasteiger partial charge in [-0.1, -0.05) is 25.1 Å². The van der Waals surface area contributed by atoms with Crippen molar-refractivity contribution < 1.29 is 9.53 Å². The van der Waals surface area contributed by atoms with Gasteiger partial charge in [-0.25, -0.2) is 4.68 Å². The molecule has 1 amide bonds. The van der Waals surface area contributed by atoms with Gasteiger partial charge in [0, 0.05) is 32.2 Å². The molecule has 1 aromatic carbocycles. The van der Waals surface area contributed by atoms with Crippen molar-refractivity contribution in [3.05, 3.63) is 59.4 Å². The minimum absolute atomic E-state index is 0.0643. The highest BCUT2D eigenvalue weighted by atomic mass is 16.5. The van der Waals surface area contributed by atoms with E-state index in [1.165, 1.54) is 42.2 Å². The smallest absolute Gasteiger partial charge is 0.246 e. The molecule has 1 aromatic heterocycles. The van der Waals surface area contributed by atoms with Crippen molar-refractivity contribution in [2.75, 3.05) is 26.7 Å². The zero-order chi connectivity index (χ0) is 20.0. The summed E-state index contributed by atoms with van der Waals surface area (Å²) in [5, 5.41) is 8.59. The first-order chi connectivity index (χ1) is 14.2. The number of nitrogens with one attached hydrogen (secondary N) is 1. The maximum absolute atomic E-state index is 12.3. The predicted octanol–water partition coefficient (Wildman–Crippen LogP) is 3.04. The molecular formula is C23H28N4O2. The Hall–Kier alpha value is -2.44. The second-order valence-corrected chi connectivity index (χ2v) is 8.31. The lowest BCUT2D eigenvalue weighted by Gasteiger charge is -2.29. The van der Waals surface area contributed by atoms with E-state index < -0.39 is 0 Å². The molecule has 2 unspecified atom stereocenters. The number of hydrogen-bond donors (Lipinski definition) is 1. The van der Waals surface area contributed by atoms with E-state index in [-0.39, 0.29) is 18.1 Å². The first-order valence-electron chi connectivity index (χ1n) is 10.6. The Labute approximate surface area is 171 Å². The normalized spacial score (nSPS) is 23.8. The van der Waals surface area contributed by atoms with Crippen LogP contribution in [0.2, 0.25) is 0 Å². The molecule has 5 rings (SSSR count). The summed E-state index contributed by atoms with van der Waals surface area (Å²) < 4.78 is 7.88. The first-order valence-corrected chi connectivity index (χ1v) is 10.6. The average Bonchev–Trinajstić information content (AvgIpc) is 3.01. The molecule has 2 aliphatic heterocycles. The van der Waals surface area contributed by atoms with Crippen molar-refractivity contribution in [1.82, 2.24) is 20.0 Å². The summed E-state index contributed by atoms with van der Waals surface area (Å²) in [6, 6.07) is 8.98. The molecule has 2 atom stereocenters. The fourth-order valence-corrected chi connectivity index (χ4v) is 4.88. The molecule has 6 heteroatoms. The molecule has 0 spiro atoms. The monoisotopic (exact) mass is 392 g/mol. The average molecular weight is 393 g/mol. The Kier molecular flexibility index (Phi) is 4.76. The van der Waals surface area contributed by atoms with Crippen LogP contribution in [0.5, 0.6) is 0 Å². The van der Waals surface area contributed by atoms with Crippen LogP contribution in [0.1, 0.15) is 59.8 Å². The molecule has 29 heavy (non-hydrogen) atoms. The van der Waals surface area contributed by atoms with Gasteiger partial charge in [-0.2, -0.15) is 5.10 Å². The number of methoxy groups -OCH3 is 1. The lowest BCUT2D eigenvalue weighted by Crippen LogP contribution is -2.40. The highest BCUT2D eigenvalue weighted by Crippen LogP contribution is 2.38. The highest BCUT2D eigenvalue weighted by molar-refractivity contribution is 5.87. The van der Waals surface area contributed by atoms with Crippen molar-refractivity contribution in [3.63, 3.8) is 0 Å². The third-order valence-electron chi connectivity index (χ3n) is 6.73. The molecule has 1 N–H and O–H groups in total. The lowest BCUT2D eigenvalue weighted by atomic mass is 9.80. The highest BCUT2D eigenvalue weighted by Gasteiger charge is 2.37. The van der Waals surface area contributed by atoms with Gasteiger partial charge < -0.3 is 15.0 Å². The second kappa shape index (κ2) is 7.43. The summed E-state index contributed by atoms with van der Waals surface area (Å²) in [5.74, 6) is 0.669. The van der Waals surface area contributed by atoms with Gasteiger partial charge in [0.05, 0.1) is 29.7 Å². The number of nitrogens with zero attached hydrogens (tertiary/aromatic N) is 3. The van der Waals surface area contributed by atoms with Gasteiger partial charge in [0.2, 0.25) is 5.91 Å². The largest absolute Gasteiger partial charge is 0.373 e. The number of hydrogen-bond acceptors (Lipinski definition) is 4. The van der Waals surface area contributed by atoms with E-state index in [9.17, 15) is 4.79 Å². The van der Waals surface area contributed by atoms with Gasteiger partial charge in [0.1, 0.15) is 6.10 Å². The summed E-state index contributed by atoms with van der Waals surface area (Å²) in [6.45, 7) is 5.62. The van der Waals surface area contributed by atoms with Crippen molar-refractivity contribution in [2.24, 2.45) is 0 Å². The Morgan fingerprint density at radius 3 is 2.72 bits per heavy atom. The van der Waals surface area contributed by atoms with E-state index in [1.807, 2.05) is 4.90 Å². The molecule has 2 aromatic rings. The zero-order valence-electron chi connectivity index (χ0n) is 16.9. The van der Waals surface area contributed by atoms with Crippen LogP contribution in [0.4, 0.5) is 0 Å². The summed E-state index contributed by atoms with van der Waals surface area (Å²) in [7, 11) is 1.69. The standard InChI is InChI=1S/C23H28N4O2/c1-3-21(28)26-13-18-22-19(11-12-24-18)27(25-23(22)20(14-26)29-2)17-9-7-16(8-10-17)15-5-4-6-15/h3,7-10,15,18,20,24H,1,4-6,11-14H2,2H3. The molecule has 0 bridgehead atoms. The van der Waals surface area contributed by atoms with E-state index in [0.29, 0.717) is 13.1 Å². The van der Waals surface area contributed by atoms with Crippen molar-refractivity contribution in [1.29, 1.82) is 0 Å². The molecule has 3 aliphatic rings. The molecule has 152 valence electrons. The van der Waals surface area contributed by atoms with Gasteiger partial charge in [-0.15, -0.1) is 0 Å². The van der Waals surface area contributed by atoms with Crippen LogP contribution in [0.15, 0.2) is 36.9 Å². The molecule has 0 radical (unpaired) electrons. The number of ether oxygens (including phenoxy) is 1. The van der Waals surface area contributed by atoms with Crippen LogP contribution in [0.25, 0.3) is 5.69 Å². The Balaban J connectivity index is 1.54. The molecular weight excluding hydrogens is 364 g/mol. The minimum Gasteiger partial charge on any atom is -0.373 e. The third-order valence-corrected chi connectivity index (χ3v) is 6.73. The maximum Gasteiger partial charge on any atom is 0.246 e. The van der Waals surface area contributed by atoms with Crippen LogP contribution >= 0.6 is 0 Å². The Bertz CT molecular complexity index is 929. The van der Waals surface area contributed by atoms with Crippen LogP contribution in [0, 0.1) is 0 Å². The summed E-state index contributed by atoms with van der Waals surface area (Å²) >= 11 is 0. The Morgan fingerprint density at radius 1 is 1.28 bits per heavy atom. The van der Waals surface area contributed by atoms with Gasteiger partial charge in [0.15, 0.2) is 0 Å². The second-order valence-electron chi connectivity index (χ2n) is 8.31. The van der Waals surface area contributed by atoms with E-state index >= 15 is 0 Å². The molecule has 0 saturated heterocycles. The fraction of sp³-hybridized carbons (Fsp3) is 0.478. The van der Waals surface area contributed by atoms with Crippen LogP contribution in [0.3, 0.4) is 0 Å². The first kappa shape index (κ1) is 18.6. The fourth-order valence-electron chi connectivity index (χ4n) is 4.88. The van der Waals surface area contributed by atoms with Gasteiger partial charge in [0.25, 0.3) is 0 Å². The number of aromatic nitrogens is 2. The zero-order valence-corrected chi connectivity index (χ0v) is 16.9. The van der Waals surface area contributed by atoms with Gasteiger partial charge in [-0.05, 0) is 42.5 Å². The number of carbonyl (C=O) groups excluding carboxylic acids is 1. The SMILES string of the molecule is C=CC(=O)N1CC2NCCc3c2c(nn3-c2ccc(C3CCC3)cc2)C(OC)C1.